The largest absolute Gasteiger partial charge is 0.465 e. The maximum absolute atomic E-state index is 13.2. The van der Waals surface area contributed by atoms with Gasteiger partial charge < -0.3 is 15.3 Å². The van der Waals surface area contributed by atoms with Gasteiger partial charge in [0.2, 0.25) is 0 Å². The average Bonchev–Trinajstić information content (AvgIpc) is 3.04. The van der Waals surface area contributed by atoms with Crippen molar-refractivity contribution < 1.29 is 14.3 Å². The first-order chi connectivity index (χ1) is 11.9. The number of nitrogens with zero attached hydrogens (tertiary/aromatic N) is 4. The van der Waals surface area contributed by atoms with Crippen molar-refractivity contribution in [3.05, 3.63) is 47.2 Å². The molecular formula is C17H20FN5O2. The first kappa shape index (κ1) is 17.1. The van der Waals surface area contributed by atoms with Crippen LogP contribution in [-0.4, -0.2) is 50.4 Å². The van der Waals surface area contributed by atoms with Gasteiger partial charge in [0, 0.05) is 25.0 Å². The van der Waals surface area contributed by atoms with Gasteiger partial charge in [0.15, 0.2) is 5.82 Å². The van der Waals surface area contributed by atoms with Crippen LogP contribution in [0.25, 0.3) is 0 Å². The Balaban J connectivity index is 1.83. The second-order valence-corrected chi connectivity index (χ2v) is 6.22. The van der Waals surface area contributed by atoms with E-state index in [2.05, 4.69) is 20.5 Å². The van der Waals surface area contributed by atoms with Gasteiger partial charge in [-0.05, 0) is 31.0 Å². The molecule has 3 rings (SSSR count). The highest BCUT2D eigenvalue weighted by Crippen LogP contribution is 2.28. The first-order valence-corrected chi connectivity index (χ1v) is 8.15. The SMILES string of the molecule is Cc1nnc([C@@H](C)c2ccc(F)cc2)c(NC2CCN(C(=O)O)C2)n1. The zero-order valence-corrected chi connectivity index (χ0v) is 14.1. The lowest BCUT2D eigenvalue weighted by Gasteiger charge is -2.19. The van der Waals surface area contributed by atoms with Crippen LogP contribution in [0.15, 0.2) is 24.3 Å². The molecule has 0 bridgehead atoms. The summed E-state index contributed by atoms with van der Waals surface area (Å²) in [5.74, 6) is 0.718. The molecule has 25 heavy (non-hydrogen) atoms. The molecule has 2 atom stereocenters. The number of anilines is 1. The van der Waals surface area contributed by atoms with E-state index in [1.807, 2.05) is 6.92 Å². The molecule has 1 aromatic carbocycles. The minimum Gasteiger partial charge on any atom is -0.465 e. The number of nitrogens with one attached hydrogen (secondary N) is 1. The van der Waals surface area contributed by atoms with Gasteiger partial charge in [-0.2, -0.15) is 0 Å². The molecular weight excluding hydrogens is 325 g/mol. The summed E-state index contributed by atoms with van der Waals surface area (Å²) in [6, 6.07) is 6.23. The van der Waals surface area contributed by atoms with Gasteiger partial charge in [0.1, 0.15) is 17.3 Å². The quantitative estimate of drug-likeness (QED) is 0.885. The van der Waals surface area contributed by atoms with Crippen LogP contribution in [0.4, 0.5) is 15.0 Å². The predicted molar refractivity (Wildman–Crippen MR) is 90.1 cm³/mol. The van der Waals surface area contributed by atoms with Crippen LogP contribution >= 0.6 is 0 Å². The molecule has 1 aromatic heterocycles. The summed E-state index contributed by atoms with van der Waals surface area (Å²) >= 11 is 0. The second-order valence-electron chi connectivity index (χ2n) is 6.22. The number of carbonyl (C=O) groups is 1. The van der Waals surface area contributed by atoms with Gasteiger partial charge in [-0.3, -0.25) is 0 Å². The smallest absolute Gasteiger partial charge is 0.407 e. The molecule has 2 aromatic rings. The van der Waals surface area contributed by atoms with E-state index in [9.17, 15) is 9.18 Å². The van der Waals surface area contributed by atoms with Crippen LogP contribution < -0.4 is 5.32 Å². The third-order valence-electron chi connectivity index (χ3n) is 4.40. The predicted octanol–water partition coefficient (Wildman–Crippen LogP) is 2.64. The van der Waals surface area contributed by atoms with Crippen molar-refractivity contribution in [1.82, 2.24) is 20.1 Å². The number of aromatic nitrogens is 3. The zero-order valence-electron chi connectivity index (χ0n) is 14.1. The van der Waals surface area contributed by atoms with E-state index in [0.717, 1.165) is 5.56 Å². The Morgan fingerprint density at radius 2 is 2.08 bits per heavy atom. The van der Waals surface area contributed by atoms with Crippen molar-refractivity contribution in [2.45, 2.75) is 32.2 Å². The number of hydrogen-bond donors (Lipinski definition) is 2. The van der Waals surface area contributed by atoms with Crippen LogP contribution in [-0.2, 0) is 0 Å². The van der Waals surface area contributed by atoms with Crippen LogP contribution in [0.5, 0.6) is 0 Å². The number of likely N-dealkylation sites (tertiary alicyclic amines) is 1. The molecule has 1 aliphatic rings. The molecule has 1 amide bonds. The number of amides is 1. The molecule has 2 heterocycles. The number of rotatable bonds is 4. The van der Waals surface area contributed by atoms with Crippen molar-refractivity contribution in [1.29, 1.82) is 0 Å². The van der Waals surface area contributed by atoms with Gasteiger partial charge in [-0.1, -0.05) is 19.1 Å². The van der Waals surface area contributed by atoms with Crippen LogP contribution in [0.3, 0.4) is 0 Å². The van der Waals surface area contributed by atoms with E-state index in [1.54, 1.807) is 19.1 Å². The second kappa shape index (κ2) is 7.00. The summed E-state index contributed by atoms with van der Waals surface area (Å²) in [6.07, 6.45) is -0.208. The summed E-state index contributed by atoms with van der Waals surface area (Å²) in [5, 5.41) is 20.7. The van der Waals surface area contributed by atoms with Crippen molar-refractivity contribution in [2.24, 2.45) is 0 Å². The number of hydrogen-bond acceptors (Lipinski definition) is 5. The van der Waals surface area contributed by atoms with Crippen LogP contribution in [0, 0.1) is 12.7 Å². The van der Waals surface area contributed by atoms with Crippen molar-refractivity contribution in [3.8, 4) is 0 Å². The fourth-order valence-electron chi connectivity index (χ4n) is 2.97. The fourth-order valence-corrected chi connectivity index (χ4v) is 2.97. The zero-order chi connectivity index (χ0) is 18.0. The van der Waals surface area contributed by atoms with Gasteiger partial charge in [0.05, 0.1) is 0 Å². The monoisotopic (exact) mass is 345 g/mol. The third-order valence-corrected chi connectivity index (χ3v) is 4.40. The Morgan fingerprint density at radius 3 is 2.72 bits per heavy atom. The summed E-state index contributed by atoms with van der Waals surface area (Å²) < 4.78 is 13.2. The maximum atomic E-state index is 13.2. The summed E-state index contributed by atoms with van der Waals surface area (Å²) in [5.41, 5.74) is 1.56. The molecule has 1 unspecified atom stereocenters. The lowest BCUT2D eigenvalue weighted by atomic mass is 9.97. The summed E-state index contributed by atoms with van der Waals surface area (Å²) in [4.78, 5) is 16.9. The molecule has 0 spiro atoms. The lowest BCUT2D eigenvalue weighted by Crippen LogP contribution is -2.30. The highest BCUT2D eigenvalue weighted by atomic mass is 19.1. The molecule has 7 nitrogen and oxygen atoms in total. The normalized spacial score (nSPS) is 18.2. The molecule has 0 radical (unpaired) electrons. The van der Waals surface area contributed by atoms with E-state index < -0.39 is 6.09 Å². The molecule has 8 heteroatoms. The molecule has 0 saturated carbocycles. The Labute approximate surface area is 144 Å². The summed E-state index contributed by atoms with van der Waals surface area (Å²) in [6.45, 7) is 4.61. The molecule has 2 N–H and O–H groups in total. The van der Waals surface area contributed by atoms with Crippen molar-refractivity contribution in [3.63, 3.8) is 0 Å². The Bertz CT molecular complexity index is 768. The number of aryl methyl sites for hydroxylation is 1. The van der Waals surface area contributed by atoms with E-state index >= 15 is 0 Å². The molecule has 1 aliphatic heterocycles. The third kappa shape index (κ3) is 3.84. The minimum absolute atomic E-state index is 0.0219. The summed E-state index contributed by atoms with van der Waals surface area (Å²) in [7, 11) is 0. The molecule has 0 aliphatic carbocycles. The van der Waals surface area contributed by atoms with Crippen LogP contribution in [0.1, 0.15) is 36.3 Å². The minimum atomic E-state index is -0.916. The highest BCUT2D eigenvalue weighted by Gasteiger charge is 2.27. The molecule has 1 saturated heterocycles. The van der Waals surface area contributed by atoms with Crippen molar-refractivity contribution >= 4 is 11.9 Å². The van der Waals surface area contributed by atoms with Gasteiger partial charge in [-0.25, -0.2) is 14.2 Å². The Morgan fingerprint density at radius 1 is 1.36 bits per heavy atom. The Kier molecular flexibility index (Phi) is 4.78. The number of benzene rings is 1. The van der Waals surface area contributed by atoms with Crippen LogP contribution in [0.2, 0.25) is 0 Å². The van der Waals surface area contributed by atoms with Gasteiger partial charge in [0.25, 0.3) is 0 Å². The topological polar surface area (TPSA) is 91.2 Å². The van der Waals surface area contributed by atoms with E-state index in [0.29, 0.717) is 36.8 Å². The standard InChI is InChI=1S/C17H20FN5O2/c1-10(12-3-5-13(18)6-4-12)15-16(19-11(2)21-22-15)20-14-7-8-23(9-14)17(24)25/h3-6,10,14H,7-9H2,1-2H3,(H,24,25)(H,19,20,21)/t10-,14?/m0/s1. The van der Waals surface area contributed by atoms with Crippen molar-refractivity contribution in [2.75, 3.05) is 18.4 Å². The van der Waals surface area contributed by atoms with E-state index in [4.69, 9.17) is 5.11 Å². The number of halogens is 1. The van der Waals surface area contributed by atoms with E-state index in [1.165, 1.54) is 17.0 Å². The fraction of sp³-hybridized carbons (Fsp3) is 0.412. The number of carboxylic acid groups (broad SMARTS) is 1. The molecule has 1 fully saturated rings. The lowest BCUT2D eigenvalue weighted by molar-refractivity contribution is 0.155. The Hall–Kier alpha value is -2.77. The van der Waals surface area contributed by atoms with Gasteiger partial charge >= 0.3 is 6.09 Å². The highest BCUT2D eigenvalue weighted by molar-refractivity contribution is 5.65. The molecule has 132 valence electrons. The first-order valence-electron chi connectivity index (χ1n) is 8.15. The van der Waals surface area contributed by atoms with E-state index in [-0.39, 0.29) is 17.8 Å². The maximum Gasteiger partial charge on any atom is 0.407 e. The van der Waals surface area contributed by atoms with Gasteiger partial charge in [-0.15, -0.1) is 10.2 Å². The average molecular weight is 345 g/mol.